The maximum Gasteiger partial charge on any atom is 0.305 e. The van der Waals surface area contributed by atoms with Crippen molar-refractivity contribution in [3.8, 4) is 0 Å². The minimum Gasteiger partial charge on any atom is -0.469 e. The number of rotatable bonds is 5. The maximum atomic E-state index is 11.5. The molecule has 0 radical (unpaired) electrons. The first-order valence-electron chi connectivity index (χ1n) is 6.84. The number of hydrogen-bond acceptors (Lipinski definition) is 2. The van der Waals surface area contributed by atoms with Crippen molar-refractivity contribution in [2.45, 2.75) is 25.2 Å². The summed E-state index contributed by atoms with van der Waals surface area (Å²) in [5.74, 6) is -0.164. The molecule has 2 rings (SSSR count). The summed E-state index contributed by atoms with van der Waals surface area (Å²) >= 11 is 0. The zero-order chi connectivity index (χ0) is 14.4. The number of esters is 1. The Bertz CT molecular complexity index is 507. The Morgan fingerprint density at radius 2 is 1.40 bits per heavy atom. The molecule has 0 fully saturated rings. The van der Waals surface area contributed by atoms with Gasteiger partial charge in [-0.2, -0.15) is 0 Å². The SMILES string of the molecule is COC(=O)CCC(C)(c1ccccc1)c1ccccc1. The van der Waals surface area contributed by atoms with Crippen LogP contribution in [0.1, 0.15) is 30.9 Å². The zero-order valence-corrected chi connectivity index (χ0v) is 12.0. The van der Waals surface area contributed by atoms with E-state index in [9.17, 15) is 4.79 Å². The second-order valence-corrected chi connectivity index (χ2v) is 5.14. The fraction of sp³-hybridized carbons (Fsp3) is 0.278. The van der Waals surface area contributed by atoms with E-state index in [-0.39, 0.29) is 11.4 Å². The molecule has 0 saturated carbocycles. The van der Waals surface area contributed by atoms with Crippen LogP contribution >= 0.6 is 0 Å². The van der Waals surface area contributed by atoms with E-state index < -0.39 is 0 Å². The van der Waals surface area contributed by atoms with E-state index in [2.05, 4.69) is 31.2 Å². The van der Waals surface area contributed by atoms with Crippen molar-refractivity contribution in [2.24, 2.45) is 0 Å². The van der Waals surface area contributed by atoms with Crippen molar-refractivity contribution < 1.29 is 9.53 Å². The van der Waals surface area contributed by atoms with Gasteiger partial charge in [0.1, 0.15) is 0 Å². The molecule has 0 saturated heterocycles. The molecule has 0 bridgehead atoms. The van der Waals surface area contributed by atoms with E-state index in [4.69, 9.17) is 4.74 Å². The van der Waals surface area contributed by atoms with Crippen LogP contribution in [0, 0.1) is 0 Å². The molecule has 104 valence electrons. The largest absolute Gasteiger partial charge is 0.469 e. The Morgan fingerprint density at radius 1 is 0.950 bits per heavy atom. The number of methoxy groups -OCH3 is 1. The van der Waals surface area contributed by atoms with Crippen LogP contribution in [0.15, 0.2) is 60.7 Å². The monoisotopic (exact) mass is 268 g/mol. The van der Waals surface area contributed by atoms with Crippen LogP contribution in [0.4, 0.5) is 0 Å². The summed E-state index contributed by atoms with van der Waals surface area (Å²) in [6, 6.07) is 20.6. The zero-order valence-electron chi connectivity index (χ0n) is 12.0. The van der Waals surface area contributed by atoms with Crippen molar-refractivity contribution >= 4 is 5.97 Å². The lowest BCUT2D eigenvalue weighted by Crippen LogP contribution is -2.25. The topological polar surface area (TPSA) is 26.3 Å². The van der Waals surface area contributed by atoms with E-state index in [1.165, 1.54) is 18.2 Å². The molecular formula is C18H20O2. The maximum absolute atomic E-state index is 11.5. The molecule has 0 amide bonds. The number of carbonyl (C=O) groups is 1. The highest BCUT2D eigenvalue weighted by atomic mass is 16.5. The van der Waals surface area contributed by atoms with Crippen molar-refractivity contribution in [2.75, 3.05) is 7.11 Å². The first kappa shape index (κ1) is 14.3. The van der Waals surface area contributed by atoms with Crippen LogP contribution in [0.25, 0.3) is 0 Å². The van der Waals surface area contributed by atoms with Gasteiger partial charge in [0.2, 0.25) is 0 Å². The van der Waals surface area contributed by atoms with Crippen LogP contribution in [-0.2, 0) is 14.9 Å². The van der Waals surface area contributed by atoms with Gasteiger partial charge in [0.15, 0.2) is 0 Å². The molecule has 2 aromatic rings. The average Bonchev–Trinajstić information content (AvgIpc) is 2.54. The average molecular weight is 268 g/mol. The minimum atomic E-state index is -0.184. The Balaban J connectivity index is 2.36. The summed E-state index contributed by atoms with van der Waals surface area (Å²) in [6.45, 7) is 2.18. The smallest absolute Gasteiger partial charge is 0.305 e. The highest BCUT2D eigenvalue weighted by Gasteiger charge is 2.29. The third kappa shape index (κ3) is 3.08. The second kappa shape index (κ2) is 6.38. The molecule has 0 aliphatic carbocycles. The van der Waals surface area contributed by atoms with Crippen LogP contribution in [0.2, 0.25) is 0 Å². The quantitative estimate of drug-likeness (QED) is 0.768. The van der Waals surface area contributed by atoms with Gasteiger partial charge in [0, 0.05) is 11.8 Å². The van der Waals surface area contributed by atoms with Crippen molar-refractivity contribution in [1.82, 2.24) is 0 Å². The highest BCUT2D eigenvalue weighted by Crippen LogP contribution is 2.36. The van der Waals surface area contributed by atoms with Crippen LogP contribution in [0.3, 0.4) is 0 Å². The molecule has 0 aliphatic rings. The lowest BCUT2D eigenvalue weighted by atomic mass is 9.73. The number of ether oxygens (including phenoxy) is 1. The Labute approximate surface area is 120 Å². The summed E-state index contributed by atoms with van der Waals surface area (Å²) < 4.78 is 4.78. The summed E-state index contributed by atoms with van der Waals surface area (Å²) in [4.78, 5) is 11.5. The molecule has 0 heterocycles. The van der Waals surface area contributed by atoms with Gasteiger partial charge in [-0.1, -0.05) is 67.6 Å². The summed E-state index contributed by atoms with van der Waals surface area (Å²) in [5, 5.41) is 0. The predicted octanol–water partition coefficient (Wildman–Crippen LogP) is 3.95. The molecule has 20 heavy (non-hydrogen) atoms. The summed E-state index contributed by atoms with van der Waals surface area (Å²) in [5.41, 5.74) is 2.25. The van der Waals surface area contributed by atoms with Gasteiger partial charge in [-0.25, -0.2) is 0 Å². The lowest BCUT2D eigenvalue weighted by molar-refractivity contribution is -0.140. The minimum absolute atomic E-state index is 0.164. The van der Waals surface area contributed by atoms with Crippen LogP contribution < -0.4 is 0 Å². The first-order chi connectivity index (χ1) is 9.66. The first-order valence-corrected chi connectivity index (χ1v) is 6.84. The number of benzene rings is 2. The van der Waals surface area contributed by atoms with E-state index in [0.717, 1.165) is 6.42 Å². The molecular weight excluding hydrogens is 248 g/mol. The molecule has 0 atom stereocenters. The van der Waals surface area contributed by atoms with Crippen molar-refractivity contribution in [3.63, 3.8) is 0 Å². The molecule has 2 nitrogen and oxygen atoms in total. The van der Waals surface area contributed by atoms with Gasteiger partial charge < -0.3 is 4.74 Å². The highest BCUT2D eigenvalue weighted by molar-refractivity contribution is 5.69. The number of hydrogen-bond donors (Lipinski definition) is 0. The fourth-order valence-electron chi connectivity index (χ4n) is 2.52. The standard InChI is InChI=1S/C18H20O2/c1-18(14-13-17(19)20-2,15-9-5-3-6-10-15)16-11-7-4-8-12-16/h3-12H,13-14H2,1-2H3. The van der Waals surface area contributed by atoms with Gasteiger partial charge in [0.25, 0.3) is 0 Å². The van der Waals surface area contributed by atoms with Gasteiger partial charge in [-0.15, -0.1) is 0 Å². The Morgan fingerprint density at radius 3 is 1.80 bits per heavy atom. The Kier molecular flexibility index (Phi) is 4.57. The molecule has 0 N–H and O–H groups in total. The van der Waals surface area contributed by atoms with Crippen LogP contribution in [-0.4, -0.2) is 13.1 Å². The van der Waals surface area contributed by atoms with Gasteiger partial charge >= 0.3 is 5.97 Å². The van der Waals surface area contributed by atoms with Crippen molar-refractivity contribution in [1.29, 1.82) is 0 Å². The molecule has 0 aromatic heterocycles. The summed E-state index contributed by atoms with van der Waals surface area (Å²) in [6.07, 6.45) is 1.14. The normalized spacial score (nSPS) is 11.1. The van der Waals surface area contributed by atoms with Gasteiger partial charge in [0.05, 0.1) is 7.11 Å². The molecule has 2 heteroatoms. The van der Waals surface area contributed by atoms with Gasteiger partial charge in [-0.3, -0.25) is 4.79 Å². The lowest BCUT2D eigenvalue weighted by Gasteiger charge is -2.30. The van der Waals surface area contributed by atoms with E-state index in [0.29, 0.717) is 6.42 Å². The number of carbonyl (C=O) groups excluding carboxylic acids is 1. The van der Waals surface area contributed by atoms with E-state index >= 15 is 0 Å². The van der Waals surface area contributed by atoms with Crippen LogP contribution in [0.5, 0.6) is 0 Å². The summed E-state index contributed by atoms with van der Waals surface area (Å²) in [7, 11) is 1.44. The third-order valence-corrected chi connectivity index (χ3v) is 3.88. The molecule has 2 aromatic carbocycles. The van der Waals surface area contributed by atoms with Crippen molar-refractivity contribution in [3.05, 3.63) is 71.8 Å². The molecule has 0 unspecified atom stereocenters. The fourth-order valence-corrected chi connectivity index (χ4v) is 2.52. The molecule has 0 aliphatic heterocycles. The third-order valence-electron chi connectivity index (χ3n) is 3.88. The molecule has 0 spiro atoms. The van der Waals surface area contributed by atoms with E-state index in [1.807, 2.05) is 36.4 Å². The van der Waals surface area contributed by atoms with Gasteiger partial charge in [-0.05, 0) is 17.5 Å². The second-order valence-electron chi connectivity index (χ2n) is 5.14. The van der Waals surface area contributed by atoms with E-state index in [1.54, 1.807) is 0 Å². The Hall–Kier alpha value is -2.09. The predicted molar refractivity (Wildman–Crippen MR) is 80.6 cm³/mol.